The fraction of sp³-hybridized carbons (Fsp3) is 0.278. The smallest absolute Gasteiger partial charge is 0.140 e. The van der Waals surface area contributed by atoms with Gasteiger partial charge in [0.2, 0.25) is 0 Å². The van der Waals surface area contributed by atoms with Crippen molar-refractivity contribution in [1.29, 1.82) is 5.26 Å². The SMILES string of the molecule is CCC(NCc1ccc(F)c(C#N)c1)c1ccc(C)cc1. The standard InChI is InChI=1S/C18H19FN2/c1-3-18(15-7-4-13(2)5-8-15)21-12-14-6-9-17(19)16(10-14)11-20/h4-10,18,21H,3,12H2,1-2H3. The number of halogens is 1. The summed E-state index contributed by atoms with van der Waals surface area (Å²) in [5.74, 6) is -0.466. The fourth-order valence-corrected chi connectivity index (χ4v) is 2.31. The molecule has 0 aromatic heterocycles. The minimum atomic E-state index is -0.466. The third-order valence-corrected chi connectivity index (χ3v) is 3.59. The van der Waals surface area contributed by atoms with E-state index in [2.05, 4.69) is 43.4 Å². The molecular weight excluding hydrogens is 263 g/mol. The van der Waals surface area contributed by atoms with Gasteiger partial charge in [0.05, 0.1) is 5.56 Å². The van der Waals surface area contributed by atoms with Crippen molar-refractivity contribution in [3.05, 3.63) is 70.5 Å². The van der Waals surface area contributed by atoms with Gasteiger partial charge in [0.15, 0.2) is 0 Å². The number of aryl methyl sites for hydroxylation is 1. The molecule has 2 rings (SSSR count). The van der Waals surface area contributed by atoms with Gasteiger partial charge in [-0.2, -0.15) is 5.26 Å². The molecule has 1 N–H and O–H groups in total. The third-order valence-electron chi connectivity index (χ3n) is 3.59. The van der Waals surface area contributed by atoms with Crippen LogP contribution in [0.4, 0.5) is 4.39 Å². The van der Waals surface area contributed by atoms with Gasteiger partial charge in [-0.05, 0) is 36.6 Å². The lowest BCUT2D eigenvalue weighted by Crippen LogP contribution is -2.20. The first-order valence-corrected chi connectivity index (χ1v) is 7.12. The van der Waals surface area contributed by atoms with Gasteiger partial charge in [-0.25, -0.2) is 4.39 Å². The van der Waals surface area contributed by atoms with Crippen LogP contribution in [0, 0.1) is 24.1 Å². The second kappa shape index (κ2) is 7.01. The highest BCUT2D eigenvalue weighted by molar-refractivity contribution is 5.34. The Labute approximate surface area is 125 Å². The summed E-state index contributed by atoms with van der Waals surface area (Å²) in [6, 6.07) is 15.2. The van der Waals surface area contributed by atoms with E-state index in [9.17, 15) is 4.39 Å². The maximum atomic E-state index is 13.3. The van der Waals surface area contributed by atoms with Crippen LogP contribution in [-0.2, 0) is 6.54 Å². The van der Waals surface area contributed by atoms with E-state index in [4.69, 9.17) is 5.26 Å². The molecule has 0 saturated heterocycles. The Morgan fingerprint density at radius 3 is 2.52 bits per heavy atom. The highest BCUT2D eigenvalue weighted by atomic mass is 19.1. The van der Waals surface area contributed by atoms with E-state index in [1.165, 1.54) is 17.2 Å². The van der Waals surface area contributed by atoms with E-state index < -0.39 is 5.82 Å². The van der Waals surface area contributed by atoms with Gasteiger partial charge in [0.25, 0.3) is 0 Å². The monoisotopic (exact) mass is 282 g/mol. The molecular formula is C18H19FN2. The zero-order chi connectivity index (χ0) is 15.2. The summed E-state index contributed by atoms with van der Waals surface area (Å²) in [4.78, 5) is 0. The number of nitrogens with one attached hydrogen (secondary N) is 1. The number of benzene rings is 2. The number of hydrogen-bond donors (Lipinski definition) is 1. The van der Waals surface area contributed by atoms with E-state index in [1.807, 2.05) is 6.07 Å². The van der Waals surface area contributed by atoms with Crippen LogP contribution in [0.25, 0.3) is 0 Å². The first-order chi connectivity index (χ1) is 10.1. The fourth-order valence-electron chi connectivity index (χ4n) is 2.31. The van der Waals surface area contributed by atoms with Crippen molar-refractivity contribution >= 4 is 0 Å². The van der Waals surface area contributed by atoms with Crippen molar-refractivity contribution in [1.82, 2.24) is 5.32 Å². The Bertz CT molecular complexity index is 641. The minimum absolute atomic E-state index is 0.0951. The Kier molecular flexibility index (Phi) is 5.08. The Morgan fingerprint density at radius 1 is 1.19 bits per heavy atom. The van der Waals surface area contributed by atoms with E-state index in [0.717, 1.165) is 12.0 Å². The quantitative estimate of drug-likeness (QED) is 0.890. The van der Waals surface area contributed by atoms with Crippen LogP contribution < -0.4 is 5.32 Å². The van der Waals surface area contributed by atoms with Crippen molar-refractivity contribution in [3.8, 4) is 6.07 Å². The molecule has 0 saturated carbocycles. The van der Waals surface area contributed by atoms with E-state index >= 15 is 0 Å². The normalized spacial score (nSPS) is 11.9. The Balaban J connectivity index is 2.07. The predicted molar refractivity (Wildman–Crippen MR) is 82.2 cm³/mol. The first kappa shape index (κ1) is 15.2. The molecule has 2 nitrogen and oxygen atoms in total. The maximum Gasteiger partial charge on any atom is 0.140 e. The topological polar surface area (TPSA) is 35.8 Å². The molecule has 0 heterocycles. The van der Waals surface area contributed by atoms with Crippen LogP contribution in [-0.4, -0.2) is 0 Å². The molecule has 0 fully saturated rings. The molecule has 1 atom stereocenters. The summed E-state index contributed by atoms with van der Waals surface area (Å²) in [7, 11) is 0. The molecule has 1 unspecified atom stereocenters. The summed E-state index contributed by atoms with van der Waals surface area (Å²) in [5.41, 5.74) is 3.49. The zero-order valence-corrected chi connectivity index (χ0v) is 12.4. The summed E-state index contributed by atoms with van der Waals surface area (Å²) < 4.78 is 13.3. The molecule has 2 aromatic carbocycles. The number of nitrogens with zero attached hydrogens (tertiary/aromatic N) is 1. The average Bonchev–Trinajstić information content (AvgIpc) is 2.51. The van der Waals surface area contributed by atoms with Crippen LogP contribution in [0.15, 0.2) is 42.5 Å². The van der Waals surface area contributed by atoms with Gasteiger partial charge >= 0.3 is 0 Å². The molecule has 2 aromatic rings. The van der Waals surface area contributed by atoms with Crippen LogP contribution in [0.2, 0.25) is 0 Å². The van der Waals surface area contributed by atoms with Crippen molar-refractivity contribution in [2.24, 2.45) is 0 Å². The number of hydrogen-bond acceptors (Lipinski definition) is 2. The number of nitriles is 1. The van der Waals surface area contributed by atoms with Crippen molar-refractivity contribution < 1.29 is 4.39 Å². The Hall–Kier alpha value is -2.18. The lowest BCUT2D eigenvalue weighted by molar-refractivity contribution is 0.518. The largest absolute Gasteiger partial charge is 0.306 e. The van der Waals surface area contributed by atoms with Crippen LogP contribution in [0.3, 0.4) is 0 Å². The summed E-state index contributed by atoms with van der Waals surface area (Å²) in [5, 5.41) is 12.3. The van der Waals surface area contributed by atoms with Gasteiger partial charge in [0.1, 0.15) is 11.9 Å². The minimum Gasteiger partial charge on any atom is -0.306 e. The second-order valence-corrected chi connectivity index (χ2v) is 5.18. The molecule has 0 aliphatic heterocycles. The molecule has 0 radical (unpaired) electrons. The lowest BCUT2D eigenvalue weighted by Gasteiger charge is -2.18. The van der Waals surface area contributed by atoms with Crippen molar-refractivity contribution in [2.45, 2.75) is 32.9 Å². The van der Waals surface area contributed by atoms with Crippen molar-refractivity contribution in [2.75, 3.05) is 0 Å². The van der Waals surface area contributed by atoms with Gasteiger partial charge < -0.3 is 5.32 Å². The molecule has 21 heavy (non-hydrogen) atoms. The predicted octanol–water partition coefficient (Wildman–Crippen LogP) is 4.25. The van der Waals surface area contributed by atoms with E-state index in [0.29, 0.717) is 6.54 Å². The van der Waals surface area contributed by atoms with Gasteiger partial charge in [-0.1, -0.05) is 42.8 Å². The maximum absolute atomic E-state index is 13.3. The van der Waals surface area contributed by atoms with Gasteiger partial charge in [-0.3, -0.25) is 0 Å². The summed E-state index contributed by atoms with van der Waals surface area (Å²) >= 11 is 0. The lowest BCUT2D eigenvalue weighted by atomic mass is 10.0. The van der Waals surface area contributed by atoms with Gasteiger partial charge in [0, 0.05) is 12.6 Å². The highest BCUT2D eigenvalue weighted by Gasteiger charge is 2.09. The third kappa shape index (κ3) is 3.90. The molecule has 0 aliphatic carbocycles. The molecule has 108 valence electrons. The molecule has 0 aliphatic rings. The second-order valence-electron chi connectivity index (χ2n) is 5.18. The molecule has 3 heteroatoms. The zero-order valence-electron chi connectivity index (χ0n) is 12.4. The van der Waals surface area contributed by atoms with Crippen LogP contribution in [0.1, 0.15) is 41.6 Å². The van der Waals surface area contributed by atoms with Gasteiger partial charge in [-0.15, -0.1) is 0 Å². The molecule has 0 bridgehead atoms. The summed E-state index contributed by atoms with van der Waals surface area (Å²) in [6.45, 7) is 4.81. The molecule has 0 spiro atoms. The molecule has 0 amide bonds. The van der Waals surface area contributed by atoms with Crippen LogP contribution >= 0.6 is 0 Å². The number of rotatable bonds is 5. The average molecular weight is 282 g/mol. The summed E-state index contributed by atoms with van der Waals surface area (Å²) in [6.07, 6.45) is 0.968. The van der Waals surface area contributed by atoms with E-state index in [1.54, 1.807) is 12.1 Å². The Morgan fingerprint density at radius 2 is 1.90 bits per heavy atom. The highest BCUT2D eigenvalue weighted by Crippen LogP contribution is 2.18. The van der Waals surface area contributed by atoms with Crippen molar-refractivity contribution in [3.63, 3.8) is 0 Å². The first-order valence-electron chi connectivity index (χ1n) is 7.12. The van der Waals surface area contributed by atoms with E-state index in [-0.39, 0.29) is 11.6 Å². The van der Waals surface area contributed by atoms with Crippen LogP contribution in [0.5, 0.6) is 0 Å².